The molecule has 0 bridgehead atoms. The number of hydrogen-bond donors (Lipinski definition) is 0. The van der Waals surface area contributed by atoms with E-state index >= 15 is 0 Å². The molecule has 0 spiro atoms. The average molecular weight is 326 g/mol. The Morgan fingerprint density at radius 2 is 2.26 bits per heavy atom. The summed E-state index contributed by atoms with van der Waals surface area (Å²) in [4.78, 5) is 23.6. The second-order valence-electron chi connectivity index (χ2n) is 5.97. The number of imidazole rings is 1. The maximum atomic E-state index is 13.1. The number of aryl methyl sites for hydroxylation is 1. The summed E-state index contributed by atoms with van der Waals surface area (Å²) in [7, 11) is 1.99. The molecule has 23 heavy (non-hydrogen) atoms. The molecule has 0 saturated carbocycles. The molecular formula is C17H18N4OS. The zero-order chi connectivity index (χ0) is 15.8. The molecule has 5 nitrogen and oxygen atoms in total. The van der Waals surface area contributed by atoms with E-state index in [0.29, 0.717) is 0 Å². The molecule has 0 N–H and O–H groups in total. The van der Waals surface area contributed by atoms with Crippen molar-refractivity contribution in [1.29, 1.82) is 0 Å². The van der Waals surface area contributed by atoms with Crippen molar-refractivity contribution in [3.63, 3.8) is 0 Å². The van der Waals surface area contributed by atoms with Gasteiger partial charge in [0.15, 0.2) is 0 Å². The van der Waals surface area contributed by atoms with E-state index in [1.54, 1.807) is 17.7 Å². The number of thiazole rings is 1. The molecule has 1 aliphatic rings. The summed E-state index contributed by atoms with van der Waals surface area (Å²) in [5.74, 6) is 0.0887. The maximum Gasteiger partial charge on any atom is 0.254 e. The number of fused-ring (bicyclic) bond motifs is 1. The minimum atomic E-state index is 0.0887. The van der Waals surface area contributed by atoms with Crippen LogP contribution in [0, 0.1) is 0 Å². The molecule has 0 radical (unpaired) electrons. The first-order chi connectivity index (χ1) is 11.2. The summed E-state index contributed by atoms with van der Waals surface area (Å²) in [6.45, 7) is 0.795. The van der Waals surface area contributed by atoms with Crippen molar-refractivity contribution >= 4 is 27.5 Å². The number of nitrogens with zero attached hydrogens (tertiary/aromatic N) is 4. The van der Waals surface area contributed by atoms with Crippen LogP contribution in [0.2, 0.25) is 0 Å². The molecule has 1 fully saturated rings. The third-order valence-corrected chi connectivity index (χ3v) is 5.35. The van der Waals surface area contributed by atoms with Gasteiger partial charge in [-0.05, 0) is 37.5 Å². The number of benzene rings is 1. The van der Waals surface area contributed by atoms with E-state index in [-0.39, 0.29) is 11.9 Å². The van der Waals surface area contributed by atoms with E-state index in [1.165, 1.54) is 0 Å². The molecule has 6 heteroatoms. The molecule has 1 amide bonds. The zero-order valence-electron chi connectivity index (χ0n) is 13.0. The molecular weight excluding hydrogens is 308 g/mol. The molecule has 0 aliphatic carbocycles. The van der Waals surface area contributed by atoms with Gasteiger partial charge in [0, 0.05) is 19.2 Å². The van der Waals surface area contributed by atoms with Crippen LogP contribution in [0.4, 0.5) is 0 Å². The molecule has 1 atom stereocenters. The SMILES string of the molecule is Cn1cncc1C1CCCCN1C(=O)c1ccc2scnc2c1. The summed E-state index contributed by atoms with van der Waals surface area (Å²) >= 11 is 1.60. The lowest BCUT2D eigenvalue weighted by atomic mass is 9.98. The largest absolute Gasteiger partial charge is 0.336 e. The van der Waals surface area contributed by atoms with Gasteiger partial charge in [-0.15, -0.1) is 11.3 Å². The Balaban J connectivity index is 1.68. The number of rotatable bonds is 2. The van der Waals surface area contributed by atoms with E-state index in [9.17, 15) is 4.79 Å². The smallest absolute Gasteiger partial charge is 0.254 e. The molecule has 4 rings (SSSR count). The molecule has 3 heterocycles. The second kappa shape index (κ2) is 5.77. The van der Waals surface area contributed by atoms with Crippen LogP contribution in [-0.4, -0.2) is 31.9 Å². The number of carbonyl (C=O) groups excluding carboxylic acids is 1. The normalized spacial score (nSPS) is 18.5. The first-order valence-electron chi connectivity index (χ1n) is 7.84. The zero-order valence-corrected chi connectivity index (χ0v) is 13.8. The Morgan fingerprint density at radius 1 is 1.35 bits per heavy atom. The van der Waals surface area contributed by atoms with Crippen LogP contribution in [0.25, 0.3) is 10.2 Å². The highest BCUT2D eigenvalue weighted by Gasteiger charge is 2.30. The van der Waals surface area contributed by atoms with E-state index in [0.717, 1.165) is 47.3 Å². The third kappa shape index (κ3) is 2.53. The quantitative estimate of drug-likeness (QED) is 0.725. The van der Waals surface area contributed by atoms with Crippen molar-refractivity contribution in [1.82, 2.24) is 19.4 Å². The van der Waals surface area contributed by atoms with Crippen LogP contribution in [-0.2, 0) is 7.05 Å². The summed E-state index contributed by atoms with van der Waals surface area (Å²) < 4.78 is 3.13. The number of carbonyl (C=O) groups is 1. The third-order valence-electron chi connectivity index (χ3n) is 4.54. The van der Waals surface area contributed by atoms with Crippen LogP contribution in [0.5, 0.6) is 0 Å². The van der Waals surface area contributed by atoms with E-state index < -0.39 is 0 Å². The average Bonchev–Trinajstić information content (AvgIpc) is 3.22. The van der Waals surface area contributed by atoms with Gasteiger partial charge in [-0.25, -0.2) is 9.97 Å². The Labute approximate surface area is 138 Å². The molecule has 1 saturated heterocycles. The number of likely N-dealkylation sites (tertiary alicyclic amines) is 1. The molecule has 1 aliphatic heterocycles. The fraction of sp³-hybridized carbons (Fsp3) is 0.353. The van der Waals surface area contributed by atoms with Crippen molar-refractivity contribution in [2.45, 2.75) is 25.3 Å². The molecule has 1 unspecified atom stereocenters. The van der Waals surface area contributed by atoms with Gasteiger partial charge in [-0.2, -0.15) is 0 Å². The van der Waals surface area contributed by atoms with Gasteiger partial charge in [-0.3, -0.25) is 4.79 Å². The Bertz CT molecular complexity index is 853. The number of hydrogen-bond acceptors (Lipinski definition) is 4. The number of aromatic nitrogens is 3. The van der Waals surface area contributed by atoms with Gasteiger partial charge >= 0.3 is 0 Å². The van der Waals surface area contributed by atoms with Crippen LogP contribution in [0.15, 0.2) is 36.2 Å². The van der Waals surface area contributed by atoms with Crippen LogP contribution >= 0.6 is 11.3 Å². The maximum absolute atomic E-state index is 13.1. The van der Waals surface area contributed by atoms with E-state index in [1.807, 2.05) is 46.4 Å². The highest BCUT2D eigenvalue weighted by molar-refractivity contribution is 7.16. The Kier molecular flexibility index (Phi) is 3.61. The van der Waals surface area contributed by atoms with Crippen LogP contribution in [0.3, 0.4) is 0 Å². The van der Waals surface area contributed by atoms with Gasteiger partial charge in [0.1, 0.15) is 0 Å². The van der Waals surface area contributed by atoms with Crippen LogP contribution < -0.4 is 0 Å². The standard InChI is InChI=1S/C17H18N4OS/c1-20-10-18-9-15(20)14-4-2-3-7-21(14)17(22)12-5-6-16-13(8-12)19-11-23-16/h5-6,8-11,14H,2-4,7H2,1H3. The molecule has 118 valence electrons. The van der Waals surface area contributed by atoms with Crippen LogP contribution in [0.1, 0.15) is 41.4 Å². The predicted molar refractivity (Wildman–Crippen MR) is 90.5 cm³/mol. The minimum absolute atomic E-state index is 0.0887. The molecule has 1 aromatic carbocycles. The van der Waals surface area contributed by atoms with Crippen molar-refractivity contribution in [3.05, 3.63) is 47.5 Å². The molecule has 2 aromatic heterocycles. The Hall–Kier alpha value is -2.21. The highest BCUT2D eigenvalue weighted by Crippen LogP contribution is 2.32. The predicted octanol–water partition coefficient (Wildman–Crippen LogP) is 3.40. The fourth-order valence-electron chi connectivity index (χ4n) is 3.33. The summed E-state index contributed by atoms with van der Waals surface area (Å²) in [6, 6.07) is 5.92. The monoisotopic (exact) mass is 326 g/mol. The minimum Gasteiger partial charge on any atom is -0.336 e. The summed E-state index contributed by atoms with van der Waals surface area (Å²) in [5, 5.41) is 0. The lowest BCUT2D eigenvalue weighted by Crippen LogP contribution is -2.39. The second-order valence-corrected chi connectivity index (χ2v) is 6.86. The topological polar surface area (TPSA) is 51.0 Å². The van der Waals surface area contributed by atoms with Gasteiger partial charge in [0.2, 0.25) is 0 Å². The van der Waals surface area contributed by atoms with Gasteiger partial charge in [0.25, 0.3) is 5.91 Å². The van der Waals surface area contributed by atoms with E-state index in [4.69, 9.17) is 0 Å². The summed E-state index contributed by atoms with van der Waals surface area (Å²) in [5.41, 5.74) is 4.54. The van der Waals surface area contributed by atoms with Crippen molar-refractivity contribution in [2.24, 2.45) is 7.05 Å². The van der Waals surface area contributed by atoms with E-state index in [2.05, 4.69) is 9.97 Å². The summed E-state index contributed by atoms with van der Waals surface area (Å²) in [6.07, 6.45) is 6.86. The van der Waals surface area contributed by atoms with Crippen molar-refractivity contribution < 1.29 is 4.79 Å². The lowest BCUT2D eigenvalue weighted by molar-refractivity contribution is 0.0602. The Morgan fingerprint density at radius 3 is 3.09 bits per heavy atom. The fourth-order valence-corrected chi connectivity index (χ4v) is 3.99. The highest BCUT2D eigenvalue weighted by atomic mass is 32.1. The first kappa shape index (κ1) is 14.4. The van der Waals surface area contributed by atoms with Gasteiger partial charge < -0.3 is 9.47 Å². The lowest BCUT2D eigenvalue weighted by Gasteiger charge is -2.36. The number of piperidine rings is 1. The van der Waals surface area contributed by atoms with Crippen molar-refractivity contribution in [2.75, 3.05) is 6.54 Å². The van der Waals surface area contributed by atoms with Crippen molar-refractivity contribution in [3.8, 4) is 0 Å². The number of amides is 1. The molecule has 3 aromatic rings. The first-order valence-corrected chi connectivity index (χ1v) is 8.72. The van der Waals surface area contributed by atoms with Gasteiger partial charge in [0.05, 0.1) is 40.0 Å². The van der Waals surface area contributed by atoms with Gasteiger partial charge in [-0.1, -0.05) is 0 Å².